The maximum absolute atomic E-state index is 13.6. The number of rotatable bonds is 5. The fraction of sp³-hybridized carbons (Fsp3) is 0.364. The van der Waals surface area contributed by atoms with Gasteiger partial charge < -0.3 is 10.1 Å². The summed E-state index contributed by atoms with van der Waals surface area (Å²) in [6.07, 6.45) is 0.291. The number of methoxy groups -OCH3 is 1. The van der Waals surface area contributed by atoms with Crippen molar-refractivity contribution in [2.45, 2.75) is 0 Å². The van der Waals surface area contributed by atoms with Crippen LogP contribution in [0.4, 0.5) is 14.9 Å². The van der Waals surface area contributed by atoms with Crippen molar-refractivity contribution in [2.24, 2.45) is 0 Å². The van der Waals surface area contributed by atoms with Crippen molar-refractivity contribution >= 4 is 21.8 Å². The molecule has 0 saturated heterocycles. The molecule has 0 bridgehead atoms. The number of carbonyl (C=O) groups is 1. The second kappa shape index (κ2) is 6.37. The van der Waals surface area contributed by atoms with Gasteiger partial charge in [-0.1, -0.05) is 12.1 Å². The summed E-state index contributed by atoms with van der Waals surface area (Å²) in [4.78, 5) is 10.9. The van der Waals surface area contributed by atoms with E-state index in [4.69, 9.17) is 0 Å². The van der Waals surface area contributed by atoms with Gasteiger partial charge in [0.25, 0.3) is 0 Å². The Morgan fingerprint density at radius 2 is 2.05 bits per heavy atom. The number of halogens is 1. The molecule has 19 heavy (non-hydrogen) atoms. The van der Waals surface area contributed by atoms with E-state index in [1.54, 1.807) is 0 Å². The first-order valence-corrected chi connectivity index (χ1v) is 7.25. The number of alkyl carbamates (subject to hydrolysis) is 1. The van der Waals surface area contributed by atoms with Gasteiger partial charge in [0.05, 0.1) is 25.6 Å². The number of ether oxygens (including phenoxy) is 1. The molecule has 0 unspecified atom stereocenters. The standard InChI is InChI=1S/C11H15FN2O4S/c1-18-11(15)13-7-8-14(19(2,16)17)10-6-4-3-5-9(10)12/h3-6H,7-8H2,1-2H3,(H,13,15). The Bertz CT molecular complexity index is 547. The molecule has 8 heteroatoms. The number of amides is 1. The number of nitrogens with one attached hydrogen (secondary N) is 1. The van der Waals surface area contributed by atoms with Gasteiger partial charge in [-0.3, -0.25) is 4.31 Å². The first kappa shape index (κ1) is 15.2. The second-order valence-electron chi connectivity index (χ2n) is 3.70. The van der Waals surface area contributed by atoms with Gasteiger partial charge in [0.1, 0.15) is 5.82 Å². The Kier molecular flexibility index (Phi) is 5.11. The summed E-state index contributed by atoms with van der Waals surface area (Å²) in [5.41, 5.74) is -0.0586. The molecule has 106 valence electrons. The molecule has 0 radical (unpaired) electrons. The minimum atomic E-state index is -3.64. The van der Waals surface area contributed by atoms with Crippen molar-refractivity contribution in [2.75, 3.05) is 30.8 Å². The number of anilines is 1. The van der Waals surface area contributed by atoms with Crippen LogP contribution in [-0.2, 0) is 14.8 Å². The van der Waals surface area contributed by atoms with Crippen molar-refractivity contribution in [3.8, 4) is 0 Å². The molecule has 1 amide bonds. The van der Waals surface area contributed by atoms with E-state index in [1.165, 1.54) is 31.4 Å². The number of nitrogens with zero attached hydrogens (tertiary/aromatic N) is 1. The van der Waals surface area contributed by atoms with E-state index >= 15 is 0 Å². The number of para-hydroxylation sites is 1. The molecule has 0 heterocycles. The van der Waals surface area contributed by atoms with E-state index in [-0.39, 0.29) is 18.8 Å². The molecule has 0 spiro atoms. The van der Waals surface area contributed by atoms with Crippen LogP contribution in [0.15, 0.2) is 24.3 Å². The molecule has 0 aromatic heterocycles. The Morgan fingerprint density at radius 1 is 1.42 bits per heavy atom. The van der Waals surface area contributed by atoms with E-state index in [0.717, 1.165) is 10.6 Å². The zero-order valence-electron chi connectivity index (χ0n) is 10.6. The highest BCUT2D eigenvalue weighted by Crippen LogP contribution is 2.20. The third-order valence-electron chi connectivity index (χ3n) is 2.29. The number of carbonyl (C=O) groups excluding carboxylic acids is 1. The lowest BCUT2D eigenvalue weighted by molar-refractivity contribution is 0.171. The van der Waals surface area contributed by atoms with Crippen molar-refractivity contribution in [1.82, 2.24) is 5.32 Å². The van der Waals surface area contributed by atoms with Gasteiger partial charge in [-0.05, 0) is 12.1 Å². The lowest BCUT2D eigenvalue weighted by Crippen LogP contribution is -2.38. The third-order valence-corrected chi connectivity index (χ3v) is 3.47. The van der Waals surface area contributed by atoms with Crippen molar-refractivity contribution in [3.63, 3.8) is 0 Å². The van der Waals surface area contributed by atoms with Crippen molar-refractivity contribution < 1.29 is 22.3 Å². The summed E-state index contributed by atoms with van der Waals surface area (Å²) in [6, 6.07) is 5.52. The first-order valence-electron chi connectivity index (χ1n) is 5.40. The highest BCUT2D eigenvalue weighted by atomic mass is 32.2. The lowest BCUT2D eigenvalue weighted by atomic mass is 10.3. The molecule has 1 N–H and O–H groups in total. The van der Waals surface area contributed by atoms with Gasteiger partial charge in [-0.15, -0.1) is 0 Å². The van der Waals surface area contributed by atoms with Gasteiger partial charge in [0.15, 0.2) is 0 Å². The summed E-state index contributed by atoms with van der Waals surface area (Å²) >= 11 is 0. The van der Waals surface area contributed by atoms with Gasteiger partial charge >= 0.3 is 6.09 Å². The van der Waals surface area contributed by atoms with E-state index in [1.807, 2.05) is 0 Å². The van der Waals surface area contributed by atoms with Crippen LogP contribution >= 0.6 is 0 Å². The maximum Gasteiger partial charge on any atom is 0.406 e. The minimum Gasteiger partial charge on any atom is -0.453 e. The maximum atomic E-state index is 13.6. The lowest BCUT2D eigenvalue weighted by Gasteiger charge is -2.22. The third kappa shape index (κ3) is 4.40. The van der Waals surface area contributed by atoms with Crippen molar-refractivity contribution in [1.29, 1.82) is 0 Å². The summed E-state index contributed by atoms with van der Waals surface area (Å²) in [6.45, 7) is -0.0804. The zero-order valence-corrected chi connectivity index (χ0v) is 11.4. The zero-order chi connectivity index (χ0) is 14.5. The molecule has 0 saturated carbocycles. The number of hydrogen-bond acceptors (Lipinski definition) is 4. The Hall–Kier alpha value is -1.83. The van der Waals surface area contributed by atoms with Crippen LogP contribution < -0.4 is 9.62 Å². The average molecular weight is 290 g/mol. The average Bonchev–Trinajstić information content (AvgIpc) is 2.34. The highest BCUT2D eigenvalue weighted by Gasteiger charge is 2.20. The molecule has 1 rings (SSSR count). The van der Waals surface area contributed by atoms with Gasteiger partial charge in [0.2, 0.25) is 10.0 Å². The summed E-state index contributed by atoms with van der Waals surface area (Å²) in [5.74, 6) is -0.647. The fourth-order valence-electron chi connectivity index (χ4n) is 1.45. The monoisotopic (exact) mass is 290 g/mol. The Balaban J connectivity index is 2.86. The summed E-state index contributed by atoms with van der Waals surface area (Å²) in [5, 5.41) is 2.33. The smallest absolute Gasteiger partial charge is 0.406 e. The molecule has 1 aromatic carbocycles. The molecular weight excluding hydrogens is 275 g/mol. The second-order valence-corrected chi connectivity index (χ2v) is 5.61. The molecular formula is C11H15FN2O4S. The van der Waals surface area contributed by atoms with E-state index in [2.05, 4.69) is 10.1 Å². The van der Waals surface area contributed by atoms with Crippen LogP contribution in [0.3, 0.4) is 0 Å². The highest BCUT2D eigenvalue weighted by molar-refractivity contribution is 7.92. The van der Waals surface area contributed by atoms with E-state index in [0.29, 0.717) is 0 Å². The van der Waals surface area contributed by atoms with Crippen LogP contribution in [0.1, 0.15) is 0 Å². The predicted octanol–water partition coefficient (Wildman–Crippen LogP) is 0.948. The molecule has 0 fully saturated rings. The van der Waals surface area contributed by atoms with E-state index in [9.17, 15) is 17.6 Å². The van der Waals surface area contributed by atoms with Crippen LogP contribution in [0.25, 0.3) is 0 Å². The van der Waals surface area contributed by atoms with Crippen LogP contribution in [-0.4, -0.2) is 41.0 Å². The van der Waals surface area contributed by atoms with Crippen molar-refractivity contribution in [3.05, 3.63) is 30.1 Å². The number of hydrogen-bond donors (Lipinski definition) is 1. The molecule has 0 atom stereocenters. The summed E-state index contributed by atoms with van der Waals surface area (Å²) < 4.78 is 42.1. The van der Waals surface area contributed by atoms with Gasteiger partial charge in [-0.2, -0.15) is 0 Å². The van der Waals surface area contributed by atoms with Gasteiger partial charge in [0, 0.05) is 6.54 Å². The summed E-state index contributed by atoms with van der Waals surface area (Å²) in [7, 11) is -2.45. The topological polar surface area (TPSA) is 75.7 Å². The molecule has 0 aliphatic rings. The number of sulfonamides is 1. The van der Waals surface area contributed by atoms with Gasteiger partial charge in [-0.25, -0.2) is 17.6 Å². The largest absolute Gasteiger partial charge is 0.453 e. The minimum absolute atomic E-state index is 0.00801. The quantitative estimate of drug-likeness (QED) is 0.876. The molecule has 0 aliphatic carbocycles. The van der Waals surface area contributed by atoms with Crippen LogP contribution in [0, 0.1) is 5.82 Å². The molecule has 0 aliphatic heterocycles. The molecule has 6 nitrogen and oxygen atoms in total. The Morgan fingerprint density at radius 3 is 2.58 bits per heavy atom. The SMILES string of the molecule is COC(=O)NCCN(c1ccccc1F)S(C)(=O)=O. The van der Waals surface area contributed by atoms with Crippen LogP contribution in [0.5, 0.6) is 0 Å². The van der Waals surface area contributed by atoms with Crippen LogP contribution in [0.2, 0.25) is 0 Å². The predicted molar refractivity (Wildman–Crippen MR) is 69.0 cm³/mol. The Labute approximate surface area is 111 Å². The normalized spacial score (nSPS) is 10.9. The molecule has 1 aromatic rings. The fourth-order valence-corrected chi connectivity index (χ4v) is 2.38. The first-order chi connectivity index (χ1) is 8.86. The number of benzene rings is 1. The van der Waals surface area contributed by atoms with E-state index < -0.39 is 21.9 Å².